The fourth-order valence-electron chi connectivity index (χ4n) is 1.68. The lowest BCUT2D eigenvalue weighted by Gasteiger charge is -2.13. The Morgan fingerprint density at radius 1 is 1.26 bits per heavy atom. The monoisotopic (exact) mass is 319 g/mol. The highest BCUT2D eigenvalue weighted by molar-refractivity contribution is 5.37. The lowest BCUT2D eigenvalue weighted by molar-refractivity contribution is 0.406. The Kier molecular flexibility index (Phi) is 5.45. The van der Waals surface area contributed by atoms with Crippen molar-refractivity contribution in [3.05, 3.63) is 22.5 Å². The van der Waals surface area contributed by atoms with E-state index in [4.69, 9.17) is 4.74 Å². The summed E-state index contributed by atoms with van der Waals surface area (Å²) >= 11 is 0. The Morgan fingerprint density at radius 3 is 2.70 bits per heavy atom. The summed E-state index contributed by atoms with van der Waals surface area (Å²) in [6.07, 6.45) is 2.09. The largest absolute Gasteiger partial charge is 0.403 e. The van der Waals surface area contributed by atoms with E-state index in [-0.39, 0.29) is 17.4 Å². The quantitative estimate of drug-likeness (QED) is 0.756. The SMILES string of the molecule is CCCCNc1nc(Oc2ccc(=O)n(C)n2)nc(N(C)C)n1. The first-order chi connectivity index (χ1) is 11.0. The smallest absolute Gasteiger partial charge is 0.330 e. The number of rotatable bonds is 7. The Morgan fingerprint density at radius 2 is 2.04 bits per heavy atom. The molecule has 2 aromatic rings. The van der Waals surface area contributed by atoms with E-state index in [0.29, 0.717) is 11.9 Å². The number of anilines is 2. The molecule has 0 bridgehead atoms. The van der Waals surface area contributed by atoms with Crippen LogP contribution < -0.4 is 20.5 Å². The molecule has 23 heavy (non-hydrogen) atoms. The summed E-state index contributed by atoms with van der Waals surface area (Å²) in [7, 11) is 5.21. The summed E-state index contributed by atoms with van der Waals surface area (Å²) < 4.78 is 6.74. The van der Waals surface area contributed by atoms with Crippen molar-refractivity contribution >= 4 is 11.9 Å². The number of ether oxygens (including phenoxy) is 1. The van der Waals surface area contributed by atoms with E-state index in [1.165, 1.54) is 16.8 Å². The average molecular weight is 319 g/mol. The second-order valence-electron chi connectivity index (χ2n) is 5.15. The number of aryl methyl sites for hydroxylation is 1. The van der Waals surface area contributed by atoms with Crippen LogP contribution in [0.15, 0.2) is 16.9 Å². The predicted octanol–water partition coefficient (Wildman–Crippen LogP) is 1.04. The van der Waals surface area contributed by atoms with Crippen LogP contribution in [0, 0.1) is 0 Å². The van der Waals surface area contributed by atoms with Crippen molar-refractivity contribution in [1.29, 1.82) is 0 Å². The van der Waals surface area contributed by atoms with E-state index >= 15 is 0 Å². The van der Waals surface area contributed by atoms with Crippen molar-refractivity contribution in [2.75, 3.05) is 30.9 Å². The van der Waals surface area contributed by atoms with E-state index in [2.05, 4.69) is 32.3 Å². The molecular formula is C14H21N7O2. The van der Waals surface area contributed by atoms with E-state index in [1.54, 1.807) is 11.9 Å². The maximum atomic E-state index is 11.4. The van der Waals surface area contributed by atoms with Gasteiger partial charge in [-0.3, -0.25) is 4.79 Å². The van der Waals surface area contributed by atoms with Crippen LogP contribution in [-0.2, 0) is 7.05 Å². The first-order valence-corrected chi connectivity index (χ1v) is 7.39. The van der Waals surface area contributed by atoms with Gasteiger partial charge in [-0.25, -0.2) is 4.68 Å². The zero-order valence-corrected chi connectivity index (χ0v) is 13.8. The third-order valence-corrected chi connectivity index (χ3v) is 2.95. The maximum absolute atomic E-state index is 11.4. The predicted molar refractivity (Wildman–Crippen MR) is 87.1 cm³/mol. The van der Waals surface area contributed by atoms with E-state index in [0.717, 1.165) is 19.4 Å². The molecule has 0 aliphatic rings. The first-order valence-electron chi connectivity index (χ1n) is 7.39. The van der Waals surface area contributed by atoms with Gasteiger partial charge in [0.15, 0.2) is 0 Å². The van der Waals surface area contributed by atoms with Gasteiger partial charge in [0.05, 0.1) is 0 Å². The van der Waals surface area contributed by atoms with Gasteiger partial charge in [0.2, 0.25) is 17.8 Å². The number of nitrogens with zero attached hydrogens (tertiary/aromatic N) is 6. The molecule has 124 valence electrons. The minimum absolute atomic E-state index is 0.119. The summed E-state index contributed by atoms with van der Waals surface area (Å²) in [6, 6.07) is 2.97. The van der Waals surface area contributed by atoms with Crippen LogP contribution in [0.1, 0.15) is 19.8 Å². The summed E-state index contributed by atoms with van der Waals surface area (Å²) in [5, 5.41) is 7.14. The number of nitrogens with one attached hydrogen (secondary N) is 1. The lowest BCUT2D eigenvalue weighted by atomic mass is 10.3. The molecule has 1 N–H and O–H groups in total. The summed E-state index contributed by atoms with van der Waals surface area (Å²) in [4.78, 5) is 25.9. The van der Waals surface area contributed by atoms with E-state index < -0.39 is 0 Å². The van der Waals surface area contributed by atoms with E-state index in [9.17, 15) is 4.79 Å². The Bertz CT molecular complexity index is 715. The third-order valence-electron chi connectivity index (χ3n) is 2.95. The summed E-state index contributed by atoms with van der Waals surface area (Å²) in [5.41, 5.74) is -0.219. The fraction of sp³-hybridized carbons (Fsp3) is 0.500. The molecule has 0 unspecified atom stereocenters. The van der Waals surface area contributed by atoms with Crippen LogP contribution in [0.3, 0.4) is 0 Å². The molecule has 2 heterocycles. The highest BCUT2D eigenvalue weighted by Gasteiger charge is 2.11. The van der Waals surface area contributed by atoms with Crippen molar-refractivity contribution in [2.45, 2.75) is 19.8 Å². The molecule has 0 spiro atoms. The van der Waals surface area contributed by atoms with Crippen LogP contribution in [0.2, 0.25) is 0 Å². The van der Waals surface area contributed by atoms with E-state index in [1.807, 2.05) is 14.1 Å². The highest BCUT2D eigenvalue weighted by Crippen LogP contribution is 2.18. The van der Waals surface area contributed by atoms with Gasteiger partial charge >= 0.3 is 6.01 Å². The van der Waals surface area contributed by atoms with Gasteiger partial charge in [-0.05, 0) is 6.42 Å². The second kappa shape index (κ2) is 7.52. The van der Waals surface area contributed by atoms with Crippen molar-refractivity contribution in [3.63, 3.8) is 0 Å². The molecule has 0 atom stereocenters. The molecule has 0 saturated heterocycles. The van der Waals surface area contributed by atoms with Gasteiger partial charge in [0, 0.05) is 39.8 Å². The maximum Gasteiger partial charge on any atom is 0.330 e. The minimum Gasteiger partial charge on any atom is -0.403 e. The second-order valence-corrected chi connectivity index (χ2v) is 5.15. The molecule has 9 heteroatoms. The van der Waals surface area contributed by atoms with Crippen LogP contribution in [0.4, 0.5) is 11.9 Å². The summed E-state index contributed by atoms with van der Waals surface area (Å²) in [6.45, 7) is 2.88. The molecule has 2 rings (SSSR count). The van der Waals surface area contributed by atoms with Crippen LogP contribution in [0.25, 0.3) is 0 Å². The van der Waals surface area contributed by atoms with Gasteiger partial charge in [0.1, 0.15) is 0 Å². The molecule has 0 fully saturated rings. The van der Waals surface area contributed by atoms with Gasteiger partial charge in [-0.15, -0.1) is 5.10 Å². The number of hydrogen-bond acceptors (Lipinski definition) is 8. The van der Waals surface area contributed by atoms with Gasteiger partial charge < -0.3 is 15.0 Å². The molecule has 0 aromatic carbocycles. The molecular weight excluding hydrogens is 298 g/mol. The topological polar surface area (TPSA) is 98.1 Å². The molecule has 0 amide bonds. The number of hydrogen-bond donors (Lipinski definition) is 1. The minimum atomic E-state index is -0.219. The Hall–Kier alpha value is -2.71. The van der Waals surface area contributed by atoms with Crippen LogP contribution in [0.5, 0.6) is 11.9 Å². The van der Waals surface area contributed by atoms with Crippen molar-refractivity contribution in [1.82, 2.24) is 24.7 Å². The third kappa shape index (κ3) is 4.63. The fourth-order valence-corrected chi connectivity index (χ4v) is 1.68. The van der Waals surface area contributed by atoms with Crippen molar-refractivity contribution < 1.29 is 4.74 Å². The lowest BCUT2D eigenvalue weighted by Crippen LogP contribution is -2.19. The average Bonchev–Trinajstić information content (AvgIpc) is 2.51. The van der Waals surface area contributed by atoms with Crippen molar-refractivity contribution in [2.24, 2.45) is 7.05 Å². The van der Waals surface area contributed by atoms with Gasteiger partial charge in [-0.2, -0.15) is 15.0 Å². The molecule has 0 radical (unpaired) electrons. The molecule has 9 nitrogen and oxygen atoms in total. The summed E-state index contributed by atoms with van der Waals surface area (Å²) in [5.74, 6) is 1.15. The molecule has 0 aliphatic heterocycles. The van der Waals surface area contributed by atoms with Crippen LogP contribution >= 0.6 is 0 Å². The molecule has 0 saturated carbocycles. The highest BCUT2D eigenvalue weighted by atomic mass is 16.5. The van der Waals surface area contributed by atoms with Gasteiger partial charge in [0.25, 0.3) is 5.56 Å². The zero-order valence-electron chi connectivity index (χ0n) is 13.8. The normalized spacial score (nSPS) is 10.4. The number of unbranched alkanes of at least 4 members (excludes halogenated alkanes) is 1. The standard InChI is InChI=1S/C14H21N7O2/c1-5-6-9-15-12-16-13(20(2)3)18-14(17-12)23-10-7-8-11(22)21(4)19-10/h7-8H,5-6,9H2,1-4H3,(H,15,16,17,18). The Labute approximate surface area is 134 Å². The zero-order chi connectivity index (χ0) is 16.8. The molecule has 2 aromatic heterocycles. The molecule has 0 aliphatic carbocycles. The van der Waals surface area contributed by atoms with Crippen LogP contribution in [-0.4, -0.2) is 45.4 Å². The first kappa shape index (κ1) is 16.7. The Balaban J connectivity index is 2.25. The van der Waals surface area contributed by atoms with Gasteiger partial charge in [-0.1, -0.05) is 13.3 Å². The number of aromatic nitrogens is 5. The van der Waals surface area contributed by atoms with Crippen molar-refractivity contribution in [3.8, 4) is 11.9 Å².